The van der Waals surface area contributed by atoms with Gasteiger partial charge in [-0.15, -0.1) is 0 Å². The number of alkyl halides is 3. The van der Waals surface area contributed by atoms with Crippen LogP contribution in [0.3, 0.4) is 0 Å². The van der Waals surface area contributed by atoms with Crippen molar-refractivity contribution in [3.8, 4) is 0 Å². The zero-order chi connectivity index (χ0) is 28.3. The maximum atomic E-state index is 13.8. The van der Waals surface area contributed by atoms with Crippen LogP contribution in [0.15, 0.2) is 53.4 Å². The molecular weight excluding hydrogens is 525 g/mol. The van der Waals surface area contributed by atoms with E-state index >= 15 is 0 Å². The van der Waals surface area contributed by atoms with Gasteiger partial charge in [-0.2, -0.15) is 17.5 Å². The number of amides is 1. The van der Waals surface area contributed by atoms with Gasteiger partial charge in [-0.25, -0.2) is 18.0 Å². The molecule has 2 aromatic carbocycles. The molecule has 1 saturated heterocycles. The van der Waals surface area contributed by atoms with Gasteiger partial charge in [0.05, 0.1) is 23.1 Å². The first-order valence-electron chi connectivity index (χ1n) is 12.0. The zero-order valence-electron chi connectivity index (χ0n) is 21.6. The number of hydrogen-bond acceptors (Lipinski definition) is 6. The molecule has 38 heavy (non-hydrogen) atoms. The molecule has 0 aliphatic carbocycles. The van der Waals surface area contributed by atoms with Crippen LogP contribution in [0.4, 0.5) is 18.0 Å². The number of ether oxygens (including phenoxy) is 2. The van der Waals surface area contributed by atoms with Crippen LogP contribution in [0.1, 0.15) is 55.1 Å². The van der Waals surface area contributed by atoms with E-state index in [-0.39, 0.29) is 23.5 Å². The summed E-state index contributed by atoms with van der Waals surface area (Å²) in [4.78, 5) is 25.6. The topological polar surface area (TPSA) is 93.2 Å². The summed E-state index contributed by atoms with van der Waals surface area (Å²) < 4.78 is 78.0. The summed E-state index contributed by atoms with van der Waals surface area (Å²) in [5.74, 6) is -0.550. The average Bonchev–Trinajstić information content (AvgIpc) is 2.85. The highest BCUT2D eigenvalue weighted by atomic mass is 32.2. The third-order valence-electron chi connectivity index (χ3n) is 5.96. The quantitative estimate of drug-likeness (QED) is 0.461. The van der Waals surface area contributed by atoms with Gasteiger partial charge in [-0.05, 0) is 75.6 Å². The van der Waals surface area contributed by atoms with Crippen molar-refractivity contribution < 1.29 is 40.7 Å². The molecule has 1 fully saturated rings. The second-order valence-electron chi connectivity index (χ2n) is 9.98. The molecule has 1 aliphatic rings. The van der Waals surface area contributed by atoms with Crippen LogP contribution in [-0.2, 0) is 32.2 Å². The average molecular weight is 557 g/mol. The van der Waals surface area contributed by atoms with Crippen LogP contribution in [0, 0.1) is 0 Å². The molecule has 12 heteroatoms. The lowest BCUT2D eigenvalue weighted by Crippen LogP contribution is -2.52. The van der Waals surface area contributed by atoms with Gasteiger partial charge in [0.1, 0.15) is 5.60 Å². The summed E-state index contributed by atoms with van der Waals surface area (Å²) in [6, 6.07) is 8.81. The van der Waals surface area contributed by atoms with E-state index in [1.807, 2.05) is 0 Å². The maximum Gasteiger partial charge on any atom is 0.416 e. The number of benzene rings is 2. The minimum absolute atomic E-state index is 0.0506. The van der Waals surface area contributed by atoms with E-state index in [9.17, 15) is 31.2 Å². The smallest absolute Gasteiger partial charge is 0.416 e. The lowest BCUT2D eigenvalue weighted by Gasteiger charge is -2.39. The summed E-state index contributed by atoms with van der Waals surface area (Å²) in [6.45, 7) is 5.49. The SMILES string of the molecule is COC(=O)c1ccc(CN(C2CCCN(C(=O)OC(C)(C)C)C2)S(=O)(=O)c2ccc(C(F)(F)F)cc2)cc1. The largest absolute Gasteiger partial charge is 0.465 e. The van der Waals surface area contributed by atoms with E-state index in [4.69, 9.17) is 9.47 Å². The lowest BCUT2D eigenvalue weighted by atomic mass is 10.1. The molecule has 2 aromatic rings. The highest BCUT2D eigenvalue weighted by Crippen LogP contribution is 2.32. The zero-order valence-corrected chi connectivity index (χ0v) is 22.4. The number of methoxy groups -OCH3 is 1. The van der Waals surface area contributed by atoms with E-state index in [1.54, 1.807) is 32.9 Å². The monoisotopic (exact) mass is 556 g/mol. The molecule has 0 N–H and O–H groups in total. The highest BCUT2D eigenvalue weighted by molar-refractivity contribution is 7.89. The Morgan fingerprint density at radius 3 is 2.16 bits per heavy atom. The number of nitrogens with zero attached hydrogens (tertiary/aromatic N) is 2. The van der Waals surface area contributed by atoms with Crippen LogP contribution >= 0.6 is 0 Å². The van der Waals surface area contributed by atoms with Crippen molar-refractivity contribution in [2.45, 2.75) is 62.9 Å². The van der Waals surface area contributed by atoms with Crippen LogP contribution in [0.25, 0.3) is 0 Å². The minimum atomic E-state index is -4.61. The third-order valence-corrected chi connectivity index (χ3v) is 7.87. The van der Waals surface area contributed by atoms with E-state index < -0.39 is 45.5 Å². The molecule has 3 rings (SSSR count). The second-order valence-corrected chi connectivity index (χ2v) is 11.9. The molecule has 0 saturated carbocycles. The van der Waals surface area contributed by atoms with Gasteiger partial charge in [0.2, 0.25) is 10.0 Å². The van der Waals surface area contributed by atoms with Crippen molar-refractivity contribution in [1.29, 1.82) is 0 Å². The Bertz CT molecular complexity index is 1240. The van der Waals surface area contributed by atoms with E-state index in [0.717, 1.165) is 24.3 Å². The van der Waals surface area contributed by atoms with Crippen LogP contribution in [-0.4, -0.2) is 61.5 Å². The van der Waals surface area contributed by atoms with Crippen molar-refractivity contribution in [1.82, 2.24) is 9.21 Å². The molecule has 0 radical (unpaired) electrons. The molecule has 8 nitrogen and oxygen atoms in total. The van der Waals surface area contributed by atoms with Gasteiger partial charge in [-0.1, -0.05) is 12.1 Å². The van der Waals surface area contributed by atoms with Crippen molar-refractivity contribution in [2.75, 3.05) is 20.2 Å². The number of hydrogen-bond donors (Lipinski definition) is 0. The Balaban J connectivity index is 1.95. The first kappa shape index (κ1) is 29.4. The molecule has 1 unspecified atom stereocenters. The summed E-state index contributed by atoms with van der Waals surface area (Å²) >= 11 is 0. The molecule has 1 amide bonds. The summed E-state index contributed by atoms with van der Waals surface area (Å²) in [6.07, 6.45) is -4.25. The molecule has 0 aromatic heterocycles. The highest BCUT2D eigenvalue weighted by Gasteiger charge is 2.37. The Kier molecular flexibility index (Phi) is 8.77. The van der Waals surface area contributed by atoms with Crippen molar-refractivity contribution in [3.63, 3.8) is 0 Å². The predicted molar refractivity (Wildman–Crippen MR) is 133 cm³/mol. The van der Waals surface area contributed by atoms with Crippen molar-refractivity contribution >= 4 is 22.1 Å². The van der Waals surface area contributed by atoms with Gasteiger partial charge in [0, 0.05) is 25.7 Å². The fourth-order valence-electron chi connectivity index (χ4n) is 4.09. The van der Waals surface area contributed by atoms with Crippen molar-refractivity contribution in [3.05, 3.63) is 65.2 Å². The Morgan fingerprint density at radius 1 is 1.03 bits per heavy atom. The van der Waals surface area contributed by atoms with Gasteiger partial charge >= 0.3 is 18.2 Å². The number of sulfonamides is 1. The molecule has 0 spiro atoms. The third kappa shape index (κ3) is 7.25. The predicted octanol–water partition coefficient (Wildman–Crippen LogP) is 5.08. The van der Waals surface area contributed by atoms with Crippen molar-refractivity contribution in [2.24, 2.45) is 0 Å². The first-order chi connectivity index (χ1) is 17.6. The van der Waals surface area contributed by atoms with E-state index in [1.165, 1.54) is 28.4 Å². The van der Waals surface area contributed by atoms with Gasteiger partial charge < -0.3 is 14.4 Å². The van der Waals surface area contributed by atoms with Crippen LogP contribution in [0.5, 0.6) is 0 Å². The Hall–Kier alpha value is -3.12. The number of carbonyl (C=O) groups excluding carboxylic acids is 2. The molecule has 1 aliphatic heterocycles. The number of carbonyl (C=O) groups is 2. The summed E-state index contributed by atoms with van der Waals surface area (Å²) in [7, 11) is -3.04. The van der Waals surface area contributed by atoms with E-state index in [0.29, 0.717) is 24.9 Å². The molecule has 1 heterocycles. The number of piperidine rings is 1. The lowest BCUT2D eigenvalue weighted by molar-refractivity contribution is -0.137. The maximum absolute atomic E-state index is 13.8. The fourth-order valence-corrected chi connectivity index (χ4v) is 5.72. The number of esters is 1. The second kappa shape index (κ2) is 11.3. The number of rotatable bonds is 6. The molecule has 208 valence electrons. The van der Waals surface area contributed by atoms with Gasteiger partial charge in [0.15, 0.2) is 0 Å². The molecular formula is C26H31F3N2O6S. The summed E-state index contributed by atoms with van der Waals surface area (Å²) in [5.41, 5.74) is -0.878. The van der Waals surface area contributed by atoms with Gasteiger partial charge in [0.25, 0.3) is 0 Å². The number of likely N-dealkylation sites (tertiary alicyclic amines) is 1. The molecule has 1 atom stereocenters. The van der Waals surface area contributed by atoms with Crippen LogP contribution in [0.2, 0.25) is 0 Å². The first-order valence-corrected chi connectivity index (χ1v) is 13.4. The minimum Gasteiger partial charge on any atom is -0.465 e. The standard InChI is InChI=1S/C26H31F3N2O6S/c1-25(2,3)37-24(33)30-15-5-6-21(17-30)31(16-18-7-9-19(10-8-18)23(32)36-4)38(34,35)22-13-11-20(12-14-22)26(27,28)29/h7-14,21H,5-6,15-17H2,1-4H3. The van der Waals surface area contributed by atoms with Crippen LogP contribution < -0.4 is 0 Å². The van der Waals surface area contributed by atoms with Gasteiger partial charge in [-0.3, -0.25) is 0 Å². The molecule has 0 bridgehead atoms. The Labute approximate surface area is 220 Å². The summed E-state index contributed by atoms with van der Waals surface area (Å²) in [5, 5.41) is 0. The van der Waals surface area contributed by atoms with E-state index in [2.05, 4.69) is 0 Å². The Morgan fingerprint density at radius 2 is 1.63 bits per heavy atom. The fraction of sp³-hybridized carbons (Fsp3) is 0.462. The normalized spacial score (nSPS) is 16.8. The number of halogens is 3.